The third kappa shape index (κ3) is 3.54. The minimum absolute atomic E-state index is 0.0243. The van der Waals surface area contributed by atoms with Crippen molar-refractivity contribution in [1.29, 1.82) is 0 Å². The van der Waals surface area contributed by atoms with Gasteiger partial charge in [0.25, 0.3) is 0 Å². The van der Waals surface area contributed by atoms with E-state index in [1.54, 1.807) is 0 Å². The van der Waals surface area contributed by atoms with Crippen molar-refractivity contribution in [3.63, 3.8) is 0 Å². The van der Waals surface area contributed by atoms with Crippen molar-refractivity contribution >= 4 is 5.91 Å². The molecule has 0 fully saturated rings. The van der Waals surface area contributed by atoms with Gasteiger partial charge >= 0.3 is 0 Å². The number of primary amides is 1. The van der Waals surface area contributed by atoms with Crippen LogP contribution < -0.4 is 20.5 Å². The highest BCUT2D eigenvalue weighted by Gasteiger charge is 2.14. The lowest BCUT2D eigenvalue weighted by Gasteiger charge is -2.12. The van der Waals surface area contributed by atoms with Crippen LogP contribution in [0.1, 0.15) is 5.56 Å². The average molecular weight is 256 g/mol. The third-order valence-corrected chi connectivity index (χ3v) is 2.22. The molecule has 1 unspecified atom stereocenters. The van der Waals surface area contributed by atoms with Crippen LogP contribution in [0.3, 0.4) is 0 Å². The summed E-state index contributed by atoms with van der Waals surface area (Å²) in [6.07, 6.45) is 0.0750. The first-order valence-electron chi connectivity index (χ1n) is 5.20. The summed E-state index contributed by atoms with van der Waals surface area (Å²) in [4.78, 5) is 18.5. The summed E-state index contributed by atoms with van der Waals surface area (Å²) in [7, 11) is 2.95. The first-order chi connectivity index (χ1) is 8.60. The monoisotopic (exact) mass is 256 g/mol. The Morgan fingerprint density at radius 1 is 1.44 bits per heavy atom. The number of rotatable bonds is 7. The molecule has 0 bridgehead atoms. The van der Waals surface area contributed by atoms with Gasteiger partial charge in [-0.3, -0.25) is 4.79 Å². The largest absolute Gasteiger partial charge is 0.481 e. The molecule has 1 aromatic rings. The first kappa shape index (κ1) is 14.1. The third-order valence-electron chi connectivity index (χ3n) is 2.22. The smallest absolute Gasteiger partial charge is 0.247 e. The first-order valence-corrected chi connectivity index (χ1v) is 5.20. The molecule has 100 valence electrons. The number of carbonyl (C=O) groups is 1. The van der Waals surface area contributed by atoms with E-state index in [-0.39, 0.29) is 13.1 Å². The molecule has 0 aromatic carbocycles. The molecule has 0 saturated carbocycles. The number of nitrogens with two attached hydrogens (primary N) is 1. The second-order valence-electron chi connectivity index (χ2n) is 3.42. The fourth-order valence-corrected chi connectivity index (χ4v) is 1.32. The zero-order valence-electron chi connectivity index (χ0n) is 10.2. The Balaban J connectivity index is 2.68. The Morgan fingerprint density at radius 3 is 2.44 bits per heavy atom. The highest BCUT2D eigenvalue weighted by molar-refractivity contribution is 5.78. The summed E-state index contributed by atoms with van der Waals surface area (Å²) in [5, 5.41) is 12.1. The Bertz CT molecular complexity index is 391. The molecule has 1 amide bonds. The highest BCUT2D eigenvalue weighted by atomic mass is 16.5. The lowest BCUT2D eigenvalue weighted by molar-refractivity contribution is -0.125. The predicted octanol–water partition coefficient (Wildman–Crippen LogP) is -1.57. The van der Waals surface area contributed by atoms with Crippen LogP contribution in [-0.4, -0.2) is 47.8 Å². The quantitative estimate of drug-likeness (QED) is 0.539. The van der Waals surface area contributed by atoms with Gasteiger partial charge in [-0.05, 0) is 0 Å². The number of ether oxygens (including phenoxy) is 2. The molecule has 8 heteroatoms. The number of nitrogens with zero attached hydrogens (tertiary/aromatic N) is 2. The molecule has 1 aromatic heterocycles. The topological polar surface area (TPSA) is 120 Å². The van der Waals surface area contributed by atoms with Crippen molar-refractivity contribution in [3.8, 4) is 11.8 Å². The zero-order valence-corrected chi connectivity index (χ0v) is 10.2. The van der Waals surface area contributed by atoms with Crippen molar-refractivity contribution in [2.45, 2.75) is 12.6 Å². The van der Waals surface area contributed by atoms with Crippen LogP contribution in [0, 0.1) is 0 Å². The molecular weight excluding hydrogens is 240 g/mol. The van der Waals surface area contributed by atoms with Gasteiger partial charge in [0.2, 0.25) is 17.7 Å². The normalized spacial score (nSPS) is 11.9. The lowest BCUT2D eigenvalue weighted by Crippen LogP contribution is -2.37. The van der Waals surface area contributed by atoms with E-state index in [1.807, 2.05) is 0 Å². The van der Waals surface area contributed by atoms with Crippen molar-refractivity contribution in [3.05, 3.63) is 11.9 Å². The van der Waals surface area contributed by atoms with Crippen LogP contribution in [0.4, 0.5) is 0 Å². The van der Waals surface area contributed by atoms with Crippen LogP contribution in [-0.2, 0) is 11.3 Å². The molecule has 18 heavy (non-hydrogen) atoms. The van der Waals surface area contributed by atoms with E-state index in [9.17, 15) is 9.90 Å². The fraction of sp³-hybridized carbons (Fsp3) is 0.500. The number of hydrogen-bond acceptors (Lipinski definition) is 7. The standard InChI is InChI=1S/C10H16N4O4/c1-17-9-6(10(18-2)14-5-13-9)3-12-4-7(15)8(11)16/h5,7,12,15H,3-4H2,1-2H3,(H2,11,16). The van der Waals surface area contributed by atoms with Gasteiger partial charge in [-0.25, -0.2) is 9.97 Å². The Morgan fingerprint density at radius 2 is 2.00 bits per heavy atom. The van der Waals surface area contributed by atoms with E-state index >= 15 is 0 Å². The molecule has 4 N–H and O–H groups in total. The SMILES string of the molecule is COc1ncnc(OC)c1CNCC(O)C(N)=O. The number of methoxy groups -OCH3 is 2. The van der Waals surface area contributed by atoms with Gasteiger partial charge < -0.3 is 25.6 Å². The van der Waals surface area contributed by atoms with E-state index in [0.29, 0.717) is 17.3 Å². The van der Waals surface area contributed by atoms with Crippen LogP contribution in [0.15, 0.2) is 6.33 Å². The molecule has 0 spiro atoms. The maximum Gasteiger partial charge on any atom is 0.247 e. The molecule has 0 saturated heterocycles. The van der Waals surface area contributed by atoms with Crippen molar-refractivity contribution < 1.29 is 19.4 Å². The lowest BCUT2D eigenvalue weighted by atomic mass is 10.3. The number of hydrogen-bond donors (Lipinski definition) is 3. The minimum Gasteiger partial charge on any atom is -0.481 e. The molecule has 1 atom stereocenters. The highest BCUT2D eigenvalue weighted by Crippen LogP contribution is 2.22. The van der Waals surface area contributed by atoms with Crippen LogP contribution in [0.25, 0.3) is 0 Å². The second-order valence-corrected chi connectivity index (χ2v) is 3.42. The number of amides is 1. The molecule has 1 rings (SSSR count). The number of aliphatic hydroxyl groups is 1. The molecule has 0 aliphatic carbocycles. The summed E-state index contributed by atoms with van der Waals surface area (Å²) in [6, 6.07) is 0. The maximum absolute atomic E-state index is 10.6. The molecular formula is C10H16N4O4. The van der Waals surface area contributed by atoms with E-state index in [2.05, 4.69) is 15.3 Å². The average Bonchev–Trinajstić information content (AvgIpc) is 2.38. The Labute approximate surface area is 104 Å². The van der Waals surface area contributed by atoms with Gasteiger partial charge in [-0.2, -0.15) is 0 Å². The summed E-state index contributed by atoms with van der Waals surface area (Å²) >= 11 is 0. The van der Waals surface area contributed by atoms with Crippen molar-refractivity contribution in [2.75, 3.05) is 20.8 Å². The second kappa shape index (κ2) is 6.72. The summed E-state index contributed by atoms with van der Waals surface area (Å²) in [5.74, 6) is -0.0587. The van der Waals surface area contributed by atoms with E-state index in [4.69, 9.17) is 15.2 Å². The Kier molecular flexibility index (Phi) is 5.28. The van der Waals surface area contributed by atoms with E-state index < -0.39 is 12.0 Å². The summed E-state index contributed by atoms with van der Waals surface area (Å²) < 4.78 is 10.1. The zero-order chi connectivity index (χ0) is 13.5. The van der Waals surface area contributed by atoms with Gasteiger partial charge in [0.1, 0.15) is 12.4 Å². The predicted molar refractivity (Wildman–Crippen MR) is 62.0 cm³/mol. The Hall–Kier alpha value is -1.93. The van der Waals surface area contributed by atoms with Gasteiger partial charge in [-0.1, -0.05) is 0 Å². The number of carbonyl (C=O) groups excluding carboxylic acids is 1. The van der Waals surface area contributed by atoms with E-state index in [0.717, 1.165) is 0 Å². The van der Waals surface area contributed by atoms with E-state index in [1.165, 1.54) is 20.5 Å². The molecule has 8 nitrogen and oxygen atoms in total. The fourth-order valence-electron chi connectivity index (χ4n) is 1.32. The van der Waals surface area contributed by atoms with Gasteiger partial charge in [-0.15, -0.1) is 0 Å². The van der Waals surface area contributed by atoms with Crippen LogP contribution in [0.2, 0.25) is 0 Å². The van der Waals surface area contributed by atoms with Crippen LogP contribution >= 0.6 is 0 Å². The van der Waals surface area contributed by atoms with Crippen LogP contribution in [0.5, 0.6) is 11.8 Å². The molecule has 0 aliphatic rings. The molecule has 0 radical (unpaired) electrons. The minimum atomic E-state index is -1.24. The number of nitrogens with one attached hydrogen (secondary N) is 1. The van der Waals surface area contributed by atoms with Crippen molar-refractivity contribution in [1.82, 2.24) is 15.3 Å². The van der Waals surface area contributed by atoms with Gasteiger partial charge in [0, 0.05) is 13.1 Å². The summed E-state index contributed by atoms with van der Waals surface area (Å²) in [5.41, 5.74) is 5.52. The van der Waals surface area contributed by atoms with Gasteiger partial charge in [0.15, 0.2) is 0 Å². The summed E-state index contributed by atoms with van der Waals surface area (Å²) in [6.45, 7) is 0.300. The number of aliphatic hydroxyl groups excluding tert-OH is 1. The molecule has 0 aliphatic heterocycles. The maximum atomic E-state index is 10.6. The number of aromatic nitrogens is 2. The van der Waals surface area contributed by atoms with Crippen molar-refractivity contribution in [2.24, 2.45) is 5.73 Å². The van der Waals surface area contributed by atoms with Gasteiger partial charge in [0.05, 0.1) is 19.8 Å². The molecule has 1 heterocycles.